The van der Waals surface area contributed by atoms with E-state index < -0.39 is 5.97 Å². The van der Waals surface area contributed by atoms with Gasteiger partial charge in [-0.05, 0) is 6.42 Å². The smallest absolute Gasteiger partial charge is 0.358 e. The minimum Gasteiger partial charge on any atom is -0.476 e. The third kappa shape index (κ3) is 2.22. The molecule has 96 valence electrons. The lowest BCUT2D eigenvalue weighted by Gasteiger charge is -2.01. The molecule has 2 aromatic heterocycles. The molecule has 0 radical (unpaired) electrons. The summed E-state index contributed by atoms with van der Waals surface area (Å²) in [5.41, 5.74) is 0.506. The van der Waals surface area contributed by atoms with Crippen LogP contribution in [0.25, 0.3) is 0 Å². The lowest BCUT2D eigenvalue weighted by molar-refractivity contribution is 0.0689. The molecule has 0 aliphatic rings. The summed E-state index contributed by atoms with van der Waals surface area (Å²) in [6, 6.07) is 0. The fourth-order valence-corrected chi connectivity index (χ4v) is 1.60. The van der Waals surface area contributed by atoms with Gasteiger partial charge in [-0.3, -0.25) is 0 Å². The number of nitrogens with zero attached hydrogens (tertiary/aromatic N) is 5. The van der Waals surface area contributed by atoms with Crippen molar-refractivity contribution >= 4 is 5.97 Å². The molecule has 2 aromatic rings. The van der Waals surface area contributed by atoms with Gasteiger partial charge in [0.15, 0.2) is 5.69 Å². The summed E-state index contributed by atoms with van der Waals surface area (Å²) in [6.07, 6.45) is 1.18. The molecule has 0 saturated carbocycles. The van der Waals surface area contributed by atoms with Crippen molar-refractivity contribution in [1.29, 1.82) is 0 Å². The van der Waals surface area contributed by atoms with Crippen LogP contribution < -0.4 is 0 Å². The van der Waals surface area contributed by atoms with Gasteiger partial charge in [0.25, 0.3) is 0 Å². The van der Waals surface area contributed by atoms with Gasteiger partial charge in [-0.25, -0.2) is 9.48 Å². The average Bonchev–Trinajstić information content (AvgIpc) is 2.95. The molecule has 8 heteroatoms. The van der Waals surface area contributed by atoms with Gasteiger partial charge in [0.05, 0.1) is 5.69 Å². The van der Waals surface area contributed by atoms with E-state index >= 15 is 0 Å². The second-order valence-corrected chi connectivity index (χ2v) is 3.64. The Hall–Kier alpha value is -2.25. The molecule has 2 heterocycles. The van der Waals surface area contributed by atoms with Crippen molar-refractivity contribution in [3.05, 3.63) is 23.2 Å². The van der Waals surface area contributed by atoms with Gasteiger partial charge in [-0.1, -0.05) is 19.1 Å². The Balaban J connectivity index is 2.26. The van der Waals surface area contributed by atoms with E-state index in [1.54, 1.807) is 0 Å². The second kappa shape index (κ2) is 4.94. The van der Waals surface area contributed by atoms with Crippen LogP contribution >= 0.6 is 0 Å². The van der Waals surface area contributed by atoms with E-state index in [0.29, 0.717) is 30.3 Å². The molecule has 8 nitrogen and oxygen atoms in total. The van der Waals surface area contributed by atoms with Crippen LogP contribution in [-0.2, 0) is 19.4 Å². The molecule has 1 N–H and O–H groups in total. The van der Waals surface area contributed by atoms with Gasteiger partial charge in [-0.2, -0.15) is 0 Å². The van der Waals surface area contributed by atoms with Crippen LogP contribution in [0.3, 0.4) is 0 Å². The number of carboxylic acids is 1. The number of carbonyl (C=O) groups is 1. The first-order valence-corrected chi connectivity index (χ1v) is 5.62. The molecular formula is C10H13N5O3. The molecule has 0 saturated heterocycles. The highest BCUT2D eigenvalue weighted by Crippen LogP contribution is 2.09. The minimum absolute atomic E-state index is 0.0345. The monoisotopic (exact) mass is 251 g/mol. The van der Waals surface area contributed by atoms with Gasteiger partial charge in [-0.15, -0.1) is 15.3 Å². The predicted octanol–water partition coefficient (Wildman–Crippen LogP) is 0.532. The van der Waals surface area contributed by atoms with E-state index in [2.05, 4.69) is 20.5 Å². The maximum atomic E-state index is 10.9. The average molecular weight is 251 g/mol. The molecule has 0 unspecified atom stereocenters. The minimum atomic E-state index is -1.09. The van der Waals surface area contributed by atoms with Crippen LogP contribution in [0.5, 0.6) is 0 Å². The van der Waals surface area contributed by atoms with Gasteiger partial charge in [0.2, 0.25) is 11.8 Å². The summed E-state index contributed by atoms with van der Waals surface area (Å²) >= 11 is 0. The maximum absolute atomic E-state index is 10.9. The standard InChI is InChI=1S/C10H13N5O3/c1-3-6-9(10(16)17)13-14-15(6)5-8-12-11-7(4-2)18-8/h3-5H2,1-2H3,(H,16,17). The van der Waals surface area contributed by atoms with Crippen molar-refractivity contribution in [3.63, 3.8) is 0 Å². The van der Waals surface area contributed by atoms with Crippen LogP contribution in [0.1, 0.15) is 41.8 Å². The lowest BCUT2D eigenvalue weighted by atomic mass is 10.2. The van der Waals surface area contributed by atoms with E-state index in [-0.39, 0.29) is 12.2 Å². The van der Waals surface area contributed by atoms with Crippen molar-refractivity contribution in [1.82, 2.24) is 25.2 Å². The highest BCUT2D eigenvalue weighted by molar-refractivity contribution is 5.86. The fraction of sp³-hybridized carbons (Fsp3) is 0.500. The Morgan fingerprint density at radius 1 is 1.22 bits per heavy atom. The zero-order valence-electron chi connectivity index (χ0n) is 10.1. The molecule has 0 amide bonds. The molecule has 0 aliphatic heterocycles. The predicted molar refractivity (Wildman–Crippen MR) is 59.1 cm³/mol. The first kappa shape index (κ1) is 12.2. The molecule has 0 spiro atoms. The summed E-state index contributed by atoms with van der Waals surface area (Å²) in [6.45, 7) is 3.98. The Labute approximate surface area is 103 Å². The molecule has 0 atom stereocenters. The third-order valence-electron chi connectivity index (χ3n) is 2.47. The maximum Gasteiger partial charge on any atom is 0.358 e. The van der Waals surface area contributed by atoms with E-state index in [0.717, 1.165) is 0 Å². The topological polar surface area (TPSA) is 107 Å². The molecule has 0 bridgehead atoms. The van der Waals surface area contributed by atoms with Crippen LogP contribution in [0, 0.1) is 0 Å². The van der Waals surface area contributed by atoms with E-state index in [9.17, 15) is 4.79 Å². The van der Waals surface area contributed by atoms with Crippen LogP contribution in [0.4, 0.5) is 0 Å². The number of carboxylic acid groups (broad SMARTS) is 1. The SMILES string of the molecule is CCc1nnc(Cn2nnc(C(=O)O)c2CC)o1. The van der Waals surface area contributed by atoms with Gasteiger partial charge in [0, 0.05) is 6.42 Å². The third-order valence-corrected chi connectivity index (χ3v) is 2.47. The van der Waals surface area contributed by atoms with Crippen molar-refractivity contribution < 1.29 is 14.3 Å². The number of hydrogen-bond donors (Lipinski definition) is 1. The lowest BCUT2D eigenvalue weighted by Crippen LogP contribution is -2.08. The van der Waals surface area contributed by atoms with Gasteiger partial charge >= 0.3 is 5.97 Å². The molecule has 2 rings (SSSR count). The summed E-state index contributed by atoms with van der Waals surface area (Å²) in [4.78, 5) is 10.9. The second-order valence-electron chi connectivity index (χ2n) is 3.64. The largest absolute Gasteiger partial charge is 0.476 e. The van der Waals surface area contributed by atoms with Crippen molar-refractivity contribution in [2.24, 2.45) is 0 Å². The fourth-order valence-electron chi connectivity index (χ4n) is 1.60. The summed E-state index contributed by atoms with van der Waals surface area (Å²) in [7, 11) is 0. The Morgan fingerprint density at radius 3 is 2.50 bits per heavy atom. The van der Waals surface area contributed by atoms with Gasteiger partial charge in [0.1, 0.15) is 6.54 Å². The number of aryl methyl sites for hydroxylation is 1. The summed E-state index contributed by atoms with van der Waals surface area (Å²) in [5, 5.41) is 24.1. The zero-order valence-corrected chi connectivity index (χ0v) is 10.1. The number of aromatic carboxylic acids is 1. The number of hydrogen-bond acceptors (Lipinski definition) is 6. The summed E-state index contributed by atoms with van der Waals surface area (Å²) in [5.74, 6) is -0.150. The van der Waals surface area contributed by atoms with E-state index in [1.807, 2.05) is 13.8 Å². The quantitative estimate of drug-likeness (QED) is 0.825. The van der Waals surface area contributed by atoms with Crippen LogP contribution in [0.15, 0.2) is 4.42 Å². The zero-order chi connectivity index (χ0) is 13.1. The van der Waals surface area contributed by atoms with Gasteiger partial charge < -0.3 is 9.52 Å². The Morgan fingerprint density at radius 2 is 1.94 bits per heavy atom. The van der Waals surface area contributed by atoms with E-state index in [1.165, 1.54) is 4.68 Å². The van der Waals surface area contributed by atoms with E-state index in [4.69, 9.17) is 9.52 Å². The summed E-state index contributed by atoms with van der Waals surface area (Å²) < 4.78 is 6.82. The Bertz CT molecular complexity index is 560. The first-order chi connectivity index (χ1) is 8.65. The van der Waals surface area contributed by atoms with Crippen molar-refractivity contribution in [2.75, 3.05) is 0 Å². The highest BCUT2D eigenvalue weighted by atomic mass is 16.4. The van der Waals surface area contributed by atoms with Crippen LogP contribution in [-0.4, -0.2) is 36.3 Å². The molecule has 0 aromatic carbocycles. The van der Waals surface area contributed by atoms with Crippen LogP contribution in [0.2, 0.25) is 0 Å². The number of rotatable bonds is 5. The Kier molecular flexibility index (Phi) is 3.35. The normalized spacial score (nSPS) is 10.8. The molecule has 18 heavy (non-hydrogen) atoms. The molecular weight excluding hydrogens is 238 g/mol. The molecule has 0 fully saturated rings. The highest BCUT2D eigenvalue weighted by Gasteiger charge is 2.18. The first-order valence-electron chi connectivity index (χ1n) is 5.62. The van der Waals surface area contributed by atoms with Crippen molar-refractivity contribution in [2.45, 2.75) is 33.2 Å². The molecule has 0 aliphatic carbocycles. The van der Waals surface area contributed by atoms with Crippen molar-refractivity contribution in [3.8, 4) is 0 Å². The number of aromatic nitrogens is 5.